The first-order valence-electron chi connectivity index (χ1n) is 6.88. The van der Waals surface area contributed by atoms with Crippen LogP contribution in [0.25, 0.3) is 0 Å². The van der Waals surface area contributed by atoms with Crippen molar-refractivity contribution in [2.45, 2.75) is 10.9 Å². The second kappa shape index (κ2) is 7.78. The van der Waals surface area contributed by atoms with Gasteiger partial charge >= 0.3 is 0 Å². The first kappa shape index (κ1) is 17.0. The Hall–Kier alpha value is -1.34. The first-order valence-corrected chi connectivity index (χ1v) is 9.02. The highest BCUT2D eigenvalue weighted by molar-refractivity contribution is 8.00. The molecule has 0 spiro atoms. The molecule has 0 saturated carbocycles. The smallest absolute Gasteiger partial charge is 0.245 e. The van der Waals surface area contributed by atoms with Crippen LogP contribution in [0.5, 0.6) is 5.75 Å². The molecule has 120 valence electrons. The molecule has 1 fully saturated rings. The lowest BCUT2D eigenvalue weighted by molar-refractivity contribution is -0.140. The van der Waals surface area contributed by atoms with Gasteiger partial charge in [0.2, 0.25) is 11.8 Å². The van der Waals surface area contributed by atoms with Crippen molar-refractivity contribution in [1.29, 1.82) is 0 Å². The lowest BCUT2D eigenvalue weighted by Crippen LogP contribution is -2.47. The Bertz CT molecular complexity index is 551. The molecule has 1 aromatic rings. The summed E-state index contributed by atoms with van der Waals surface area (Å²) in [6.07, 6.45) is 0. The second-order valence-electron chi connectivity index (χ2n) is 5.08. The normalized spacial score (nSPS) is 17.4. The molecule has 1 aliphatic rings. The van der Waals surface area contributed by atoms with E-state index in [2.05, 4.69) is 0 Å². The van der Waals surface area contributed by atoms with Crippen LogP contribution < -0.4 is 4.74 Å². The SMILES string of the molecule is COc1cccc(SCC(=O)N2CSCC2C(=O)N(C)C)c1. The number of nitrogens with zero attached hydrogens (tertiary/aromatic N) is 2. The van der Waals surface area contributed by atoms with Crippen LogP contribution in [-0.2, 0) is 9.59 Å². The number of hydrogen-bond acceptors (Lipinski definition) is 5. The van der Waals surface area contributed by atoms with E-state index in [0.29, 0.717) is 17.4 Å². The van der Waals surface area contributed by atoms with Crippen molar-refractivity contribution < 1.29 is 14.3 Å². The van der Waals surface area contributed by atoms with E-state index in [9.17, 15) is 9.59 Å². The van der Waals surface area contributed by atoms with Crippen molar-refractivity contribution in [1.82, 2.24) is 9.80 Å². The van der Waals surface area contributed by atoms with E-state index in [1.807, 2.05) is 24.3 Å². The highest BCUT2D eigenvalue weighted by Crippen LogP contribution is 2.26. The molecular formula is C15H20N2O3S2. The summed E-state index contributed by atoms with van der Waals surface area (Å²) in [6.45, 7) is 0. The number of benzene rings is 1. The quantitative estimate of drug-likeness (QED) is 0.765. The summed E-state index contributed by atoms with van der Waals surface area (Å²) in [4.78, 5) is 28.7. The summed E-state index contributed by atoms with van der Waals surface area (Å²) >= 11 is 3.08. The van der Waals surface area contributed by atoms with Gasteiger partial charge in [-0.1, -0.05) is 6.07 Å². The van der Waals surface area contributed by atoms with Gasteiger partial charge in [-0.3, -0.25) is 9.59 Å². The number of rotatable bonds is 5. The van der Waals surface area contributed by atoms with Crippen LogP contribution in [0.15, 0.2) is 29.2 Å². The average molecular weight is 340 g/mol. The minimum Gasteiger partial charge on any atom is -0.497 e. The Balaban J connectivity index is 1.95. The molecule has 1 aromatic carbocycles. The molecule has 0 N–H and O–H groups in total. The molecule has 22 heavy (non-hydrogen) atoms. The Morgan fingerprint density at radius 1 is 1.45 bits per heavy atom. The van der Waals surface area contributed by atoms with Crippen LogP contribution in [0.4, 0.5) is 0 Å². The molecule has 0 aliphatic carbocycles. The maximum atomic E-state index is 12.4. The summed E-state index contributed by atoms with van der Waals surface area (Å²) in [5.74, 6) is 2.34. The predicted molar refractivity (Wildman–Crippen MR) is 90.4 cm³/mol. The van der Waals surface area contributed by atoms with Crippen molar-refractivity contribution in [3.05, 3.63) is 24.3 Å². The molecule has 1 heterocycles. The van der Waals surface area contributed by atoms with Crippen molar-refractivity contribution in [2.24, 2.45) is 0 Å². The van der Waals surface area contributed by atoms with Gasteiger partial charge in [-0.25, -0.2) is 0 Å². The zero-order chi connectivity index (χ0) is 16.1. The molecule has 7 heteroatoms. The second-order valence-corrected chi connectivity index (χ2v) is 7.13. The van der Waals surface area contributed by atoms with Crippen molar-refractivity contribution in [3.8, 4) is 5.75 Å². The van der Waals surface area contributed by atoms with Crippen LogP contribution in [0, 0.1) is 0 Å². The largest absolute Gasteiger partial charge is 0.497 e. The van der Waals surface area contributed by atoms with Gasteiger partial charge in [0.1, 0.15) is 11.8 Å². The summed E-state index contributed by atoms with van der Waals surface area (Å²) in [5.41, 5.74) is 0. The van der Waals surface area contributed by atoms with Crippen molar-refractivity contribution in [2.75, 3.05) is 38.6 Å². The molecule has 2 rings (SSSR count). The zero-order valence-corrected chi connectivity index (χ0v) is 14.6. The number of amides is 2. The topological polar surface area (TPSA) is 49.9 Å². The number of carbonyl (C=O) groups is 2. The molecular weight excluding hydrogens is 320 g/mol. The highest BCUT2D eigenvalue weighted by Gasteiger charge is 2.35. The summed E-state index contributed by atoms with van der Waals surface area (Å²) < 4.78 is 5.17. The number of hydrogen-bond donors (Lipinski definition) is 0. The first-order chi connectivity index (χ1) is 10.5. The Kier molecular flexibility index (Phi) is 6.02. The van der Waals surface area contributed by atoms with E-state index in [-0.39, 0.29) is 17.9 Å². The van der Waals surface area contributed by atoms with Crippen LogP contribution in [0.3, 0.4) is 0 Å². The molecule has 0 bridgehead atoms. The molecule has 1 aliphatic heterocycles. The maximum Gasteiger partial charge on any atom is 0.245 e. The molecule has 5 nitrogen and oxygen atoms in total. The van der Waals surface area contributed by atoms with Crippen LogP contribution in [0.1, 0.15) is 0 Å². The number of thioether (sulfide) groups is 2. The van der Waals surface area contributed by atoms with Gasteiger partial charge in [-0.15, -0.1) is 23.5 Å². The Morgan fingerprint density at radius 2 is 2.23 bits per heavy atom. The summed E-state index contributed by atoms with van der Waals surface area (Å²) in [5, 5.41) is 0. The lowest BCUT2D eigenvalue weighted by atomic mass is 10.2. The fourth-order valence-electron chi connectivity index (χ4n) is 2.11. The Labute approximate surface area is 139 Å². The summed E-state index contributed by atoms with van der Waals surface area (Å²) in [6, 6.07) is 7.28. The van der Waals surface area contributed by atoms with E-state index >= 15 is 0 Å². The fraction of sp³-hybridized carbons (Fsp3) is 0.467. The summed E-state index contributed by atoms with van der Waals surface area (Å²) in [7, 11) is 5.06. The minimum atomic E-state index is -0.335. The maximum absolute atomic E-state index is 12.4. The molecule has 1 atom stereocenters. The number of ether oxygens (including phenoxy) is 1. The van der Waals surface area contributed by atoms with Gasteiger partial charge in [-0.2, -0.15) is 0 Å². The van der Waals surface area contributed by atoms with E-state index in [1.54, 1.807) is 42.8 Å². The number of methoxy groups -OCH3 is 1. The number of carbonyl (C=O) groups excluding carboxylic acids is 2. The van der Waals surface area contributed by atoms with Gasteiger partial charge in [0.05, 0.1) is 18.7 Å². The van der Waals surface area contributed by atoms with Gasteiger partial charge < -0.3 is 14.5 Å². The van der Waals surface area contributed by atoms with Crippen molar-refractivity contribution >= 4 is 35.3 Å². The molecule has 1 unspecified atom stereocenters. The van der Waals surface area contributed by atoms with Gasteiger partial charge in [0, 0.05) is 24.7 Å². The highest BCUT2D eigenvalue weighted by atomic mass is 32.2. The van der Waals surface area contributed by atoms with Crippen LogP contribution in [0.2, 0.25) is 0 Å². The third-order valence-electron chi connectivity index (χ3n) is 3.33. The van der Waals surface area contributed by atoms with Crippen molar-refractivity contribution in [3.63, 3.8) is 0 Å². The molecule has 2 amide bonds. The van der Waals surface area contributed by atoms with E-state index in [4.69, 9.17) is 4.74 Å². The van der Waals surface area contributed by atoms with Gasteiger partial charge in [0.15, 0.2) is 0 Å². The van der Waals surface area contributed by atoms with E-state index in [1.165, 1.54) is 11.8 Å². The van der Waals surface area contributed by atoms with E-state index in [0.717, 1.165) is 10.6 Å². The molecule has 0 aromatic heterocycles. The van der Waals surface area contributed by atoms with Gasteiger partial charge in [-0.05, 0) is 18.2 Å². The monoisotopic (exact) mass is 340 g/mol. The van der Waals surface area contributed by atoms with Crippen LogP contribution >= 0.6 is 23.5 Å². The van der Waals surface area contributed by atoms with E-state index < -0.39 is 0 Å². The Morgan fingerprint density at radius 3 is 2.91 bits per heavy atom. The third kappa shape index (κ3) is 4.10. The lowest BCUT2D eigenvalue weighted by Gasteiger charge is -2.25. The van der Waals surface area contributed by atoms with Gasteiger partial charge in [0.25, 0.3) is 0 Å². The predicted octanol–water partition coefficient (Wildman–Crippen LogP) is 1.78. The zero-order valence-electron chi connectivity index (χ0n) is 12.9. The standard InChI is InChI=1S/C15H20N2O3S2/c1-16(2)15(19)13-8-21-10-17(13)14(18)9-22-12-6-4-5-11(7-12)20-3/h4-7,13H,8-10H2,1-3H3. The fourth-order valence-corrected chi connectivity index (χ4v) is 4.11. The third-order valence-corrected chi connectivity index (χ3v) is 5.32. The van der Waals surface area contributed by atoms with Crippen LogP contribution in [-0.4, -0.2) is 66.2 Å². The molecule has 1 saturated heterocycles. The average Bonchev–Trinajstić information content (AvgIpc) is 3.01. The number of likely N-dealkylation sites (N-methyl/N-ethyl adjacent to an activating group) is 1. The molecule has 0 radical (unpaired) electrons. The minimum absolute atomic E-state index is 0.00183.